The van der Waals surface area contributed by atoms with Crippen molar-refractivity contribution in [3.63, 3.8) is 0 Å². The minimum absolute atomic E-state index is 0.214. The van der Waals surface area contributed by atoms with Crippen LogP contribution in [0, 0.1) is 0 Å². The van der Waals surface area contributed by atoms with Crippen LogP contribution in [0.25, 0.3) is 0 Å². The first kappa shape index (κ1) is 6.97. The average Bonchev–Trinajstić information content (AvgIpc) is 2.49. The van der Waals surface area contributed by atoms with Gasteiger partial charge in [0.15, 0.2) is 12.5 Å². The van der Waals surface area contributed by atoms with E-state index in [1.165, 1.54) is 0 Å². The second-order valence-corrected chi connectivity index (χ2v) is 2.63. The van der Waals surface area contributed by atoms with E-state index in [1.54, 1.807) is 29.5 Å². The molecule has 12 heavy (non-hydrogen) atoms. The molecule has 0 aromatic carbocycles. The maximum atomic E-state index is 10.4. The Labute approximate surface area is 69.5 Å². The summed E-state index contributed by atoms with van der Waals surface area (Å²) >= 11 is 0. The summed E-state index contributed by atoms with van der Waals surface area (Å²) in [6, 6.07) is 0. The summed E-state index contributed by atoms with van der Waals surface area (Å²) in [6.07, 6.45) is 7.17. The first-order chi connectivity index (χ1) is 5.81. The number of aldehydes is 1. The molecule has 4 heteroatoms. The monoisotopic (exact) mass is 164 g/mol. The standard InChI is InChI=1S/C8H8N2O2/c11-5-6-4-10-3-1-2-7(12)8(10)9-6/h1-5,8-9,12H. The van der Waals surface area contributed by atoms with Gasteiger partial charge in [-0.2, -0.15) is 0 Å². The molecule has 1 unspecified atom stereocenters. The molecule has 2 aliphatic rings. The van der Waals surface area contributed by atoms with E-state index in [9.17, 15) is 9.90 Å². The topological polar surface area (TPSA) is 52.6 Å². The van der Waals surface area contributed by atoms with Crippen molar-refractivity contribution in [3.05, 3.63) is 36.0 Å². The van der Waals surface area contributed by atoms with Gasteiger partial charge in [-0.25, -0.2) is 0 Å². The lowest BCUT2D eigenvalue weighted by molar-refractivity contribution is -0.105. The Morgan fingerprint density at radius 2 is 2.50 bits per heavy atom. The third-order valence-electron chi connectivity index (χ3n) is 1.82. The lowest BCUT2D eigenvalue weighted by atomic mass is 10.3. The number of carbonyl (C=O) groups is 1. The molecule has 0 radical (unpaired) electrons. The molecule has 0 fully saturated rings. The van der Waals surface area contributed by atoms with Gasteiger partial charge in [0.25, 0.3) is 0 Å². The fourth-order valence-electron chi connectivity index (χ4n) is 1.26. The van der Waals surface area contributed by atoms with Crippen molar-refractivity contribution in [1.82, 2.24) is 10.2 Å². The van der Waals surface area contributed by atoms with Gasteiger partial charge in [-0.1, -0.05) is 0 Å². The van der Waals surface area contributed by atoms with Crippen molar-refractivity contribution in [3.8, 4) is 0 Å². The van der Waals surface area contributed by atoms with Gasteiger partial charge in [0.05, 0.1) is 5.70 Å². The van der Waals surface area contributed by atoms with Crippen LogP contribution in [0.15, 0.2) is 36.0 Å². The zero-order valence-corrected chi connectivity index (χ0v) is 6.27. The zero-order chi connectivity index (χ0) is 8.55. The second kappa shape index (κ2) is 2.41. The number of carbonyl (C=O) groups excluding carboxylic acids is 1. The average molecular weight is 164 g/mol. The molecule has 0 bridgehead atoms. The van der Waals surface area contributed by atoms with Crippen LogP contribution in [0.3, 0.4) is 0 Å². The summed E-state index contributed by atoms with van der Waals surface area (Å²) in [5.41, 5.74) is 0.478. The van der Waals surface area contributed by atoms with Crippen LogP contribution in [0.5, 0.6) is 0 Å². The molecule has 0 aliphatic carbocycles. The molecule has 0 amide bonds. The van der Waals surface area contributed by atoms with E-state index in [0.29, 0.717) is 5.70 Å². The number of allylic oxidation sites excluding steroid dienone is 3. The zero-order valence-electron chi connectivity index (χ0n) is 6.27. The Balaban J connectivity index is 2.26. The molecule has 4 nitrogen and oxygen atoms in total. The third kappa shape index (κ3) is 0.887. The summed E-state index contributed by atoms with van der Waals surface area (Å²) in [6.45, 7) is 0. The Morgan fingerprint density at radius 3 is 3.17 bits per heavy atom. The molecule has 0 aromatic rings. The molecule has 0 saturated carbocycles. The normalized spacial score (nSPS) is 25.7. The largest absolute Gasteiger partial charge is 0.508 e. The van der Waals surface area contributed by atoms with Crippen molar-refractivity contribution in [1.29, 1.82) is 0 Å². The van der Waals surface area contributed by atoms with Crippen molar-refractivity contribution in [2.75, 3.05) is 0 Å². The number of rotatable bonds is 1. The summed E-state index contributed by atoms with van der Waals surface area (Å²) in [7, 11) is 0. The maximum absolute atomic E-state index is 10.4. The van der Waals surface area contributed by atoms with E-state index < -0.39 is 0 Å². The van der Waals surface area contributed by atoms with Gasteiger partial charge in [-0.15, -0.1) is 0 Å². The van der Waals surface area contributed by atoms with Gasteiger partial charge in [-0.3, -0.25) is 4.79 Å². The lowest BCUT2D eigenvalue weighted by Crippen LogP contribution is -2.36. The Kier molecular flexibility index (Phi) is 1.40. The number of aliphatic hydroxyl groups excluding tert-OH is 1. The minimum Gasteiger partial charge on any atom is -0.508 e. The predicted octanol–water partition coefficient (Wildman–Crippen LogP) is 0.227. The van der Waals surface area contributed by atoms with E-state index in [2.05, 4.69) is 5.32 Å². The molecule has 0 saturated heterocycles. The first-order valence-corrected chi connectivity index (χ1v) is 3.59. The van der Waals surface area contributed by atoms with Gasteiger partial charge >= 0.3 is 0 Å². The first-order valence-electron chi connectivity index (χ1n) is 3.59. The van der Waals surface area contributed by atoms with E-state index in [1.807, 2.05) is 0 Å². The summed E-state index contributed by atoms with van der Waals surface area (Å²) < 4.78 is 0. The fraction of sp³-hybridized carbons (Fsp3) is 0.125. The molecular formula is C8H8N2O2. The molecule has 0 aromatic heterocycles. The Morgan fingerprint density at radius 1 is 1.67 bits per heavy atom. The van der Waals surface area contributed by atoms with E-state index in [4.69, 9.17) is 0 Å². The van der Waals surface area contributed by atoms with Gasteiger partial charge in [-0.05, 0) is 12.2 Å². The van der Waals surface area contributed by atoms with Crippen LogP contribution in [0.2, 0.25) is 0 Å². The van der Waals surface area contributed by atoms with Gasteiger partial charge < -0.3 is 15.3 Å². The quantitative estimate of drug-likeness (QED) is 0.544. The Hall–Kier alpha value is -1.71. The molecule has 2 rings (SSSR count). The lowest BCUT2D eigenvalue weighted by Gasteiger charge is -2.23. The molecular weight excluding hydrogens is 156 g/mol. The SMILES string of the molecule is O=CC1=CN2C=CC=C(O)C2N1. The third-order valence-corrected chi connectivity index (χ3v) is 1.82. The highest BCUT2D eigenvalue weighted by molar-refractivity contribution is 5.73. The number of fused-ring (bicyclic) bond motifs is 1. The van der Waals surface area contributed by atoms with Crippen LogP contribution >= 0.6 is 0 Å². The van der Waals surface area contributed by atoms with Crippen LogP contribution in [0.4, 0.5) is 0 Å². The predicted molar refractivity (Wildman–Crippen MR) is 42.8 cm³/mol. The minimum atomic E-state index is -0.296. The van der Waals surface area contributed by atoms with Crippen LogP contribution in [-0.4, -0.2) is 22.5 Å². The van der Waals surface area contributed by atoms with E-state index >= 15 is 0 Å². The van der Waals surface area contributed by atoms with Crippen LogP contribution in [0.1, 0.15) is 0 Å². The molecule has 0 spiro atoms. The number of hydrogen-bond donors (Lipinski definition) is 2. The molecule has 2 heterocycles. The van der Waals surface area contributed by atoms with Crippen molar-refractivity contribution in [2.24, 2.45) is 0 Å². The van der Waals surface area contributed by atoms with Gasteiger partial charge in [0, 0.05) is 12.4 Å². The van der Waals surface area contributed by atoms with Crippen LogP contribution in [-0.2, 0) is 4.79 Å². The number of aliphatic hydroxyl groups is 1. The molecule has 2 N–H and O–H groups in total. The molecule has 2 aliphatic heterocycles. The Bertz CT molecular complexity index is 304. The number of nitrogens with zero attached hydrogens (tertiary/aromatic N) is 1. The maximum Gasteiger partial charge on any atom is 0.167 e. The summed E-state index contributed by atoms with van der Waals surface area (Å²) in [5.74, 6) is 0.214. The van der Waals surface area contributed by atoms with Crippen molar-refractivity contribution >= 4 is 6.29 Å². The van der Waals surface area contributed by atoms with Crippen LogP contribution < -0.4 is 5.32 Å². The highest BCUT2D eigenvalue weighted by atomic mass is 16.3. The molecule has 1 atom stereocenters. The van der Waals surface area contributed by atoms with E-state index in [0.717, 1.165) is 6.29 Å². The smallest absolute Gasteiger partial charge is 0.167 e. The summed E-state index contributed by atoms with van der Waals surface area (Å²) in [5, 5.41) is 12.2. The van der Waals surface area contributed by atoms with E-state index in [-0.39, 0.29) is 11.9 Å². The highest BCUT2D eigenvalue weighted by Crippen LogP contribution is 2.18. The second-order valence-electron chi connectivity index (χ2n) is 2.63. The summed E-state index contributed by atoms with van der Waals surface area (Å²) in [4.78, 5) is 12.1. The highest BCUT2D eigenvalue weighted by Gasteiger charge is 2.26. The van der Waals surface area contributed by atoms with Crippen molar-refractivity contribution in [2.45, 2.75) is 6.17 Å². The van der Waals surface area contributed by atoms with Gasteiger partial charge in [0.1, 0.15) is 5.76 Å². The van der Waals surface area contributed by atoms with Crippen molar-refractivity contribution < 1.29 is 9.90 Å². The van der Waals surface area contributed by atoms with Gasteiger partial charge in [0.2, 0.25) is 0 Å². The molecule has 62 valence electrons. The number of hydrogen-bond acceptors (Lipinski definition) is 4. The number of nitrogens with one attached hydrogen (secondary N) is 1. The fourth-order valence-corrected chi connectivity index (χ4v) is 1.26.